The molecule has 3 nitrogen and oxygen atoms in total. The predicted octanol–water partition coefficient (Wildman–Crippen LogP) is 4.70. The molecular formula is C20H22BrNO2. The predicted molar refractivity (Wildman–Crippen MR) is 99.4 cm³/mol. The van der Waals surface area contributed by atoms with E-state index in [1.807, 2.05) is 12.1 Å². The molecule has 3 rings (SSSR count). The van der Waals surface area contributed by atoms with Gasteiger partial charge in [0.25, 0.3) is 0 Å². The highest BCUT2D eigenvalue weighted by molar-refractivity contribution is 9.10. The van der Waals surface area contributed by atoms with Gasteiger partial charge in [0.05, 0.1) is 5.56 Å². The van der Waals surface area contributed by atoms with E-state index < -0.39 is 5.97 Å². The third-order valence-corrected chi connectivity index (χ3v) is 5.64. The van der Waals surface area contributed by atoms with Crippen LogP contribution in [0.25, 0.3) is 0 Å². The second-order valence-electron chi connectivity index (χ2n) is 6.85. The van der Waals surface area contributed by atoms with E-state index in [9.17, 15) is 4.79 Å². The number of piperidine rings is 1. The Kier molecular flexibility index (Phi) is 5.07. The fourth-order valence-electron chi connectivity index (χ4n) is 3.36. The van der Waals surface area contributed by atoms with Crippen LogP contribution in [0, 0.1) is 0 Å². The number of halogens is 1. The fourth-order valence-corrected chi connectivity index (χ4v) is 3.62. The van der Waals surface area contributed by atoms with E-state index in [1.165, 1.54) is 11.1 Å². The molecule has 1 aliphatic heterocycles. The van der Waals surface area contributed by atoms with Crippen molar-refractivity contribution in [2.75, 3.05) is 13.1 Å². The van der Waals surface area contributed by atoms with Gasteiger partial charge in [0.2, 0.25) is 0 Å². The molecule has 1 fully saturated rings. The van der Waals surface area contributed by atoms with Gasteiger partial charge in [-0.1, -0.05) is 47.1 Å². The maximum atomic E-state index is 10.9. The van der Waals surface area contributed by atoms with E-state index in [0.717, 1.165) is 36.9 Å². The minimum atomic E-state index is -0.871. The maximum absolute atomic E-state index is 10.9. The summed E-state index contributed by atoms with van der Waals surface area (Å²) in [4.78, 5) is 13.4. The van der Waals surface area contributed by atoms with Gasteiger partial charge in [-0.15, -0.1) is 0 Å². The summed E-state index contributed by atoms with van der Waals surface area (Å²) in [7, 11) is 0. The summed E-state index contributed by atoms with van der Waals surface area (Å²) in [5.74, 6) is -0.871. The van der Waals surface area contributed by atoms with Gasteiger partial charge in [0, 0.05) is 11.0 Å². The Morgan fingerprint density at radius 1 is 1.08 bits per heavy atom. The zero-order valence-electron chi connectivity index (χ0n) is 13.8. The number of nitrogens with zero attached hydrogens (tertiary/aromatic N) is 1. The van der Waals surface area contributed by atoms with Crippen molar-refractivity contribution in [2.45, 2.75) is 31.7 Å². The molecule has 24 heavy (non-hydrogen) atoms. The second kappa shape index (κ2) is 7.08. The first-order valence-electron chi connectivity index (χ1n) is 8.27. The third-order valence-electron chi connectivity index (χ3n) is 5.11. The molecule has 0 saturated carbocycles. The van der Waals surface area contributed by atoms with Gasteiger partial charge in [0.1, 0.15) is 0 Å². The van der Waals surface area contributed by atoms with E-state index in [4.69, 9.17) is 5.11 Å². The molecule has 0 aliphatic carbocycles. The topological polar surface area (TPSA) is 40.5 Å². The smallest absolute Gasteiger partial charge is 0.335 e. The molecule has 4 heteroatoms. The molecule has 0 spiro atoms. The Balaban J connectivity index is 1.60. The third kappa shape index (κ3) is 3.87. The van der Waals surface area contributed by atoms with Gasteiger partial charge in [-0.05, 0) is 66.7 Å². The summed E-state index contributed by atoms with van der Waals surface area (Å²) >= 11 is 3.50. The van der Waals surface area contributed by atoms with Crippen LogP contribution in [0.2, 0.25) is 0 Å². The zero-order valence-corrected chi connectivity index (χ0v) is 15.4. The van der Waals surface area contributed by atoms with Crippen molar-refractivity contribution in [3.63, 3.8) is 0 Å². The Hall–Kier alpha value is -1.65. The second-order valence-corrected chi connectivity index (χ2v) is 7.76. The van der Waals surface area contributed by atoms with Crippen molar-refractivity contribution < 1.29 is 9.90 Å². The average molecular weight is 388 g/mol. The van der Waals surface area contributed by atoms with Gasteiger partial charge >= 0.3 is 5.97 Å². The quantitative estimate of drug-likeness (QED) is 0.826. The minimum absolute atomic E-state index is 0.240. The van der Waals surface area contributed by atoms with Crippen LogP contribution in [-0.2, 0) is 12.0 Å². The highest BCUT2D eigenvalue weighted by Gasteiger charge is 2.31. The molecule has 0 unspecified atom stereocenters. The largest absolute Gasteiger partial charge is 0.478 e. The first-order valence-corrected chi connectivity index (χ1v) is 9.06. The summed E-state index contributed by atoms with van der Waals surface area (Å²) in [5, 5.41) is 8.97. The van der Waals surface area contributed by atoms with Crippen LogP contribution < -0.4 is 0 Å². The molecule has 0 amide bonds. The number of rotatable bonds is 4. The number of hydrogen-bond acceptors (Lipinski definition) is 2. The minimum Gasteiger partial charge on any atom is -0.478 e. The molecule has 126 valence electrons. The van der Waals surface area contributed by atoms with E-state index in [0.29, 0.717) is 5.56 Å². The summed E-state index contributed by atoms with van der Waals surface area (Å²) in [6.07, 6.45) is 2.28. The van der Waals surface area contributed by atoms with Crippen molar-refractivity contribution in [3.05, 3.63) is 69.7 Å². The monoisotopic (exact) mass is 387 g/mol. The molecule has 1 saturated heterocycles. The molecule has 1 heterocycles. The van der Waals surface area contributed by atoms with Crippen molar-refractivity contribution in [2.24, 2.45) is 0 Å². The molecule has 1 aliphatic rings. The van der Waals surface area contributed by atoms with Crippen LogP contribution >= 0.6 is 15.9 Å². The highest BCUT2D eigenvalue weighted by Crippen LogP contribution is 2.35. The summed E-state index contributed by atoms with van der Waals surface area (Å²) < 4.78 is 1.12. The zero-order chi connectivity index (χ0) is 17.2. The highest BCUT2D eigenvalue weighted by atomic mass is 79.9. The summed E-state index contributed by atoms with van der Waals surface area (Å²) in [6.45, 7) is 5.37. The first-order chi connectivity index (χ1) is 11.5. The number of benzene rings is 2. The number of aromatic carboxylic acids is 1. The van der Waals surface area contributed by atoms with Gasteiger partial charge in [-0.25, -0.2) is 4.79 Å². The van der Waals surface area contributed by atoms with Crippen LogP contribution in [0.3, 0.4) is 0 Å². The van der Waals surface area contributed by atoms with Crippen LogP contribution in [0.5, 0.6) is 0 Å². The summed E-state index contributed by atoms with van der Waals surface area (Å²) in [5.41, 5.74) is 3.17. The van der Waals surface area contributed by atoms with Crippen molar-refractivity contribution in [1.82, 2.24) is 4.90 Å². The molecule has 1 N–H and O–H groups in total. The molecule has 2 aromatic rings. The fraction of sp³-hybridized carbons (Fsp3) is 0.350. The Morgan fingerprint density at radius 3 is 2.21 bits per heavy atom. The standard InChI is InChI=1S/C20H22BrNO2/c1-20(17-6-8-18(21)9-7-17)10-12-22(13-11-20)14-15-2-4-16(5-3-15)19(23)24/h2-9H,10-14H2,1H3,(H,23,24). The Morgan fingerprint density at radius 2 is 1.67 bits per heavy atom. The van der Waals surface area contributed by atoms with Gasteiger partial charge in [-0.3, -0.25) is 4.90 Å². The van der Waals surface area contributed by atoms with E-state index in [-0.39, 0.29) is 5.41 Å². The maximum Gasteiger partial charge on any atom is 0.335 e. The lowest BCUT2D eigenvalue weighted by Crippen LogP contribution is -2.40. The van der Waals surface area contributed by atoms with E-state index in [2.05, 4.69) is 52.0 Å². The number of carboxylic acid groups (broad SMARTS) is 1. The Labute approximate surface area is 151 Å². The SMILES string of the molecule is CC1(c2ccc(Br)cc2)CCN(Cc2ccc(C(=O)O)cc2)CC1. The molecule has 0 radical (unpaired) electrons. The summed E-state index contributed by atoms with van der Waals surface area (Å²) in [6, 6.07) is 15.9. The lowest BCUT2D eigenvalue weighted by Gasteiger charge is -2.40. The number of carbonyl (C=O) groups is 1. The average Bonchev–Trinajstić information content (AvgIpc) is 2.58. The van der Waals surface area contributed by atoms with Crippen LogP contribution in [0.15, 0.2) is 53.0 Å². The van der Waals surface area contributed by atoms with Crippen molar-refractivity contribution >= 4 is 21.9 Å². The van der Waals surface area contributed by atoms with Crippen LogP contribution in [0.1, 0.15) is 41.3 Å². The molecule has 2 aromatic carbocycles. The molecule has 0 bridgehead atoms. The number of likely N-dealkylation sites (tertiary alicyclic amines) is 1. The lowest BCUT2D eigenvalue weighted by atomic mass is 9.74. The van der Waals surface area contributed by atoms with E-state index in [1.54, 1.807) is 12.1 Å². The van der Waals surface area contributed by atoms with Crippen LogP contribution in [-0.4, -0.2) is 29.1 Å². The Bertz CT molecular complexity index is 701. The van der Waals surface area contributed by atoms with Gasteiger partial charge in [-0.2, -0.15) is 0 Å². The number of hydrogen-bond donors (Lipinski definition) is 1. The lowest BCUT2D eigenvalue weighted by molar-refractivity contribution is 0.0697. The van der Waals surface area contributed by atoms with E-state index >= 15 is 0 Å². The molecule has 0 atom stereocenters. The molecular weight excluding hydrogens is 366 g/mol. The van der Waals surface area contributed by atoms with Crippen molar-refractivity contribution in [1.29, 1.82) is 0 Å². The van der Waals surface area contributed by atoms with Crippen molar-refractivity contribution in [3.8, 4) is 0 Å². The first kappa shape index (κ1) is 17.2. The normalized spacial score (nSPS) is 17.6. The number of carboxylic acids is 1. The van der Waals surface area contributed by atoms with Gasteiger partial charge < -0.3 is 5.11 Å². The molecule has 0 aromatic heterocycles. The van der Waals surface area contributed by atoms with Crippen LogP contribution in [0.4, 0.5) is 0 Å². The van der Waals surface area contributed by atoms with Gasteiger partial charge in [0.15, 0.2) is 0 Å².